The molecule has 0 radical (unpaired) electrons. The fourth-order valence-electron chi connectivity index (χ4n) is 3.73. The molecule has 2 aromatic rings. The number of halogens is 1. The van der Waals surface area contributed by atoms with E-state index in [1.807, 2.05) is 18.2 Å². The fraction of sp³-hybridized carbons (Fsp3) is 0.556. The number of aryl methyl sites for hydroxylation is 1. The molecule has 0 spiro atoms. The van der Waals surface area contributed by atoms with Crippen LogP contribution in [0.25, 0.3) is 0 Å². The molecule has 4 nitrogen and oxygen atoms in total. The predicted molar refractivity (Wildman–Crippen MR) is 136 cm³/mol. The first-order chi connectivity index (χ1) is 15.6. The first-order valence-electron chi connectivity index (χ1n) is 12.0. The third kappa shape index (κ3) is 9.40. The molecule has 0 saturated heterocycles. The van der Waals surface area contributed by atoms with Gasteiger partial charge in [0.05, 0.1) is 12.1 Å². The second-order valence-electron chi connectivity index (χ2n) is 8.47. The smallest absolute Gasteiger partial charge is 0.180 e. The van der Waals surface area contributed by atoms with E-state index in [9.17, 15) is 0 Å². The Morgan fingerprint density at radius 2 is 1.66 bits per heavy atom. The van der Waals surface area contributed by atoms with E-state index in [1.165, 1.54) is 44.3 Å². The maximum atomic E-state index is 6.55. The van der Waals surface area contributed by atoms with Gasteiger partial charge >= 0.3 is 0 Å². The topological polar surface area (TPSA) is 33.7 Å². The first kappa shape index (κ1) is 26.5. The van der Waals surface area contributed by atoms with Crippen LogP contribution in [0.3, 0.4) is 0 Å². The van der Waals surface area contributed by atoms with Crippen LogP contribution in [0.5, 0.6) is 11.5 Å². The number of hydrogen-bond donors (Lipinski definition) is 1. The average Bonchev–Trinajstić information content (AvgIpc) is 2.79. The van der Waals surface area contributed by atoms with Crippen molar-refractivity contribution >= 4 is 11.6 Å². The van der Waals surface area contributed by atoms with Gasteiger partial charge in [-0.2, -0.15) is 0 Å². The molecule has 0 atom stereocenters. The van der Waals surface area contributed by atoms with Crippen molar-refractivity contribution in [2.24, 2.45) is 0 Å². The zero-order valence-electron chi connectivity index (χ0n) is 20.4. The van der Waals surface area contributed by atoms with Crippen LogP contribution in [-0.2, 0) is 13.2 Å². The minimum absolute atomic E-state index is 0.460. The van der Waals surface area contributed by atoms with Gasteiger partial charge in [0.15, 0.2) is 11.5 Å². The Balaban J connectivity index is 1.84. The van der Waals surface area contributed by atoms with Crippen LogP contribution in [-0.4, -0.2) is 38.2 Å². The molecule has 0 aliphatic carbocycles. The van der Waals surface area contributed by atoms with Gasteiger partial charge in [-0.1, -0.05) is 68.1 Å². The lowest BCUT2D eigenvalue weighted by atomic mass is 10.1. The van der Waals surface area contributed by atoms with Gasteiger partial charge in [0.2, 0.25) is 0 Å². The van der Waals surface area contributed by atoms with E-state index >= 15 is 0 Å². The normalized spacial score (nSPS) is 11.2. The van der Waals surface area contributed by atoms with Crippen LogP contribution in [0.1, 0.15) is 62.6 Å². The number of nitrogens with one attached hydrogen (secondary N) is 1. The SMILES string of the molecule is CCCCN(CCCC)CCCNCc1cc(Cl)c(OCc2cccc(C)c2)c(OC)c1. The second-order valence-corrected chi connectivity index (χ2v) is 8.87. The third-order valence-corrected chi connectivity index (χ3v) is 5.85. The van der Waals surface area contributed by atoms with E-state index in [1.54, 1.807) is 7.11 Å². The number of benzene rings is 2. The summed E-state index contributed by atoms with van der Waals surface area (Å²) in [5.41, 5.74) is 3.42. The highest BCUT2D eigenvalue weighted by molar-refractivity contribution is 6.32. The number of methoxy groups -OCH3 is 1. The van der Waals surface area contributed by atoms with Crippen molar-refractivity contribution < 1.29 is 9.47 Å². The third-order valence-electron chi connectivity index (χ3n) is 5.57. The van der Waals surface area contributed by atoms with E-state index in [4.69, 9.17) is 21.1 Å². The highest BCUT2D eigenvalue weighted by atomic mass is 35.5. The summed E-state index contributed by atoms with van der Waals surface area (Å²) in [5, 5.41) is 4.13. The molecule has 0 heterocycles. The summed E-state index contributed by atoms with van der Waals surface area (Å²) in [7, 11) is 1.66. The van der Waals surface area contributed by atoms with Gasteiger partial charge in [-0.05, 0) is 75.6 Å². The molecule has 0 aliphatic heterocycles. The van der Waals surface area contributed by atoms with Gasteiger partial charge in [-0.3, -0.25) is 0 Å². The molecular weight excluding hydrogens is 420 g/mol. The van der Waals surface area contributed by atoms with Crippen LogP contribution in [0, 0.1) is 6.92 Å². The second kappa shape index (κ2) is 15.2. The van der Waals surface area contributed by atoms with Crippen LogP contribution < -0.4 is 14.8 Å². The van der Waals surface area contributed by atoms with Crippen molar-refractivity contribution in [1.82, 2.24) is 10.2 Å². The predicted octanol–water partition coefficient (Wildman–Crippen LogP) is 6.62. The zero-order valence-corrected chi connectivity index (χ0v) is 21.1. The fourth-order valence-corrected chi connectivity index (χ4v) is 4.02. The number of nitrogens with zero attached hydrogens (tertiary/aromatic N) is 1. The van der Waals surface area contributed by atoms with E-state index in [-0.39, 0.29) is 0 Å². The molecule has 5 heteroatoms. The maximum Gasteiger partial charge on any atom is 0.180 e. The molecule has 0 saturated carbocycles. The minimum Gasteiger partial charge on any atom is -0.493 e. The van der Waals surface area contributed by atoms with Crippen molar-refractivity contribution in [3.8, 4) is 11.5 Å². The lowest BCUT2D eigenvalue weighted by Crippen LogP contribution is -2.29. The summed E-state index contributed by atoms with van der Waals surface area (Å²) in [6.07, 6.45) is 6.24. The molecule has 1 N–H and O–H groups in total. The van der Waals surface area contributed by atoms with Crippen molar-refractivity contribution in [2.75, 3.05) is 33.3 Å². The highest BCUT2D eigenvalue weighted by Gasteiger charge is 2.12. The molecule has 2 rings (SSSR count). The Kier molecular flexibility index (Phi) is 12.5. The van der Waals surface area contributed by atoms with Crippen molar-refractivity contribution in [1.29, 1.82) is 0 Å². The molecule has 0 unspecified atom stereocenters. The van der Waals surface area contributed by atoms with Gasteiger partial charge in [0, 0.05) is 6.54 Å². The lowest BCUT2D eigenvalue weighted by molar-refractivity contribution is 0.261. The number of hydrogen-bond acceptors (Lipinski definition) is 4. The Morgan fingerprint density at radius 1 is 0.938 bits per heavy atom. The van der Waals surface area contributed by atoms with Gasteiger partial charge in [-0.15, -0.1) is 0 Å². The summed E-state index contributed by atoms with van der Waals surface area (Å²) in [6.45, 7) is 12.4. The van der Waals surface area contributed by atoms with Gasteiger partial charge < -0.3 is 19.7 Å². The van der Waals surface area contributed by atoms with E-state index in [0.717, 1.165) is 37.2 Å². The van der Waals surface area contributed by atoms with Crippen molar-refractivity contribution in [2.45, 2.75) is 66.0 Å². The summed E-state index contributed by atoms with van der Waals surface area (Å²) >= 11 is 6.55. The molecule has 0 aliphatic rings. The van der Waals surface area contributed by atoms with Crippen LogP contribution >= 0.6 is 11.6 Å². The minimum atomic E-state index is 0.460. The quantitative estimate of drug-likeness (QED) is 0.285. The molecular formula is C27H41ClN2O2. The average molecular weight is 461 g/mol. The Hall–Kier alpha value is -1.75. The Bertz CT molecular complexity index is 789. The monoisotopic (exact) mass is 460 g/mol. The van der Waals surface area contributed by atoms with Crippen LogP contribution in [0.4, 0.5) is 0 Å². The molecule has 2 aromatic carbocycles. The Morgan fingerprint density at radius 3 is 2.31 bits per heavy atom. The van der Waals surface area contributed by atoms with Crippen LogP contribution in [0.15, 0.2) is 36.4 Å². The summed E-state index contributed by atoms with van der Waals surface area (Å²) in [4.78, 5) is 2.61. The van der Waals surface area contributed by atoms with Crippen molar-refractivity contribution in [3.05, 3.63) is 58.1 Å². The summed E-state index contributed by atoms with van der Waals surface area (Å²) in [5.74, 6) is 1.27. The maximum absolute atomic E-state index is 6.55. The van der Waals surface area contributed by atoms with Crippen LogP contribution in [0.2, 0.25) is 5.02 Å². The molecule has 0 aromatic heterocycles. The van der Waals surface area contributed by atoms with Crippen molar-refractivity contribution in [3.63, 3.8) is 0 Å². The van der Waals surface area contributed by atoms with E-state index in [0.29, 0.717) is 23.1 Å². The zero-order chi connectivity index (χ0) is 23.2. The summed E-state index contributed by atoms with van der Waals surface area (Å²) < 4.78 is 11.6. The van der Waals surface area contributed by atoms with Gasteiger partial charge in [0.1, 0.15) is 6.61 Å². The first-order valence-corrected chi connectivity index (χ1v) is 12.4. The molecule has 0 bridgehead atoms. The van der Waals surface area contributed by atoms with E-state index < -0.39 is 0 Å². The van der Waals surface area contributed by atoms with Gasteiger partial charge in [0.25, 0.3) is 0 Å². The number of ether oxygens (including phenoxy) is 2. The molecule has 32 heavy (non-hydrogen) atoms. The standard InChI is InChI=1S/C27H41ClN2O2/c1-5-7-14-30(15-8-6-2)16-10-13-29-20-24-18-25(28)27(26(19-24)31-4)32-21-23-12-9-11-22(3)17-23/h9,11-12,17-19,29H,5-8,10,13-16,20-21H2,1-4H3. The summed E-state index contributed by atoms with van der Waals surface area (Å²) in [6, 6.07) is 12.3. The van der Waals surface area contributed by atoms with Gasteiger partial charge in [-0.25, -0.2) is 0 Å². The number of rotatable bonds is 16. The highest BCUT2D eigenvalue weighted by Crippen LogP contribution is 2.37. The molecule has 0 fully saturated rings. The largest absolute Gasteiger partial charge is 0.493 e. The number of unbranched alkanes of at least 4 members (excludes halogenated alkanes) is 2. The lowest BCUT2D eigenvalue weighted by Gasteiger charge is -2.22. The molecule has 178 valence electrons. The Labute approximate surface area is 200 Å². The molecule has 0 amide bonds. The van der Waals surface area contributed by atoms with E-state index in [2.05, 4.69) is 49.2 Å².